The van der Waals surface area contributed by atoms with E-state index in [1.54, 1.807) is 11.3 Å². The quantitative estimate of drug-likeness (QED) is 0.717. The van der Waals surface area contributed by atoms with Gasteiger partial charge in [0.2, 0.25) is 0 Å². The van der Waals surface area contributed by atoms with Crippen LogP contribution in [0.5, 0.6) is 11.5 Å². The molecule has 2 N–H and O–H groups in total. The van der Waals surface area contributed by atoms with Gasteiger partial charge in [-0.1, -0.05) is 19.1 Å². The topological polar surface area (TPSA) is 62.8 Å². The first-order valence-corrected chi connectivity index (χ1v) is 11.7. The number of hydrogen-bond donors (Lipinski definition) is 2. The average Bonchev–Trinajstić information content (AvgIpc) is 3.29. The summed E-state index contributed by atoms with van der Waals surface area (Å²) in [6.45, 7) is 8.20. The highest BCUT2D eigenvalue weighted by atomic mass is 32.1. The molecule has 162 valence electrons. The van der Waals surface area contributed by atoms with E-state index in [2.05, 4.69) is 40.0 Å². The van der Waals surface area contributed by atoms with Crippen LogP contribution in [0.2, 0.25) is 0 Å². The van der Waals surface area contributed by atoms with Gasteiger partial charge in [0.1, 0.15) is 13.2 Å². The van der Waals surface area contributed by atoms with E-state index in [1.807, 2.05) is 25.1 Å². The van der Waals surface area contributed by atoms with Crippen LogP contribution in [0.3, 0.4) is 0 Å². The minimum Gasteiger partial charge on any atom is -0.486 e. The van der Waals surface area contributed by atoms with E-state index < -0.39 is 0 Å². The Morgan fingerprint density at radius 3 is 2.70 bits per heavy atom. The fraction of sp³-hybridized carbons (Fsp3) is 0.522. The summed E-state index contributed by atoms with van der Waals surface area (Å²) in [5.74, 6) is 2.29. The van der Waals surface area contributed by atoms with Gasteiger partial charge in [0.15, 0.2) is 11.5 Å². The molecule has 0 spiro atoms. The number of carbonyl (C=O) groups excluding carboxylic acids is 1. The van der Waals surface area contributed by atoms with Gasteiger partial charge in [-0.15, -0.1) is 11.3 Å². The number of likely N-dealkylation sites (tertiary alicyclic amines) is 1. The van der Waals surface area contributed by atoms with Crippen LogP contribution in [-0.4, -0.2) is 43.8 Å². The molecule has 2 aliphatic heterocycles. The van der Waals surface area contributed by atoms with Crippen LogP contribution in [0.15, 0.2) is 35.7 Å². The van der Waals surface area contributed by atoms with Gasteiger partial charge >= 0.3 is 6.03 Å². The summed E-state index contributed by atoms with van der Waals surface area (Å²) in [6.07, 6.45) is 2.43. The van der Waals surface area contributed by atoms with Gasteiger partial charge in [-0.3, -0.25) is 4.90 Å². The Balaban J connectivity index is 1.34. The number of carbonyl (C=O) groups is 1. The second-order valence-corrected chi connectivity index (χ2v) is 9.21. The normalized spacial score (nSPS) is 19.1. The minimum atomic E-state index is -0.149. The predicted molar refractivity (Wildman–Crippen MR) is 119 cm³/mol. The fourth-order valence-corrected chi connectivity index (χ4v) is 4.94. The van der Waals surface area contributed by atoms with Crippen LogP contribution in [0.4, 0.5) is 4.79 Å². The maximum atomic E-state index is 12.6. The number of nitrogens with zero attached hydrogens (tertiary/aromatic N) is 1. The van der Waals surface area contributed by atoms with Gasteiger partial charge in [-0.2, -0.15) is 0 Å². The molecule has 4 rings (SSSR count). The summed E-state index contributed by atoms with van der Waals surface area (Å²) in [6, 6.07) is 10.0. The van der Waals surface area contributed by atoms with Crippen molar-refractivity contribution in [3.8, 4) is 11.5 Å². The van der Waals surface area contributed by atoms with Crippen molar-refractivity contribution in [3.63, 3.8) is 0 Å². The molecule has 0 bridgehead atoms. The first kappa shape index (κ1) is 21.0. The molecule has 1 saturated heterocycles. The molecule has 2 aromatic rings. The van der Waals surface area contributed by atoms with Crippen LogP contribution in [0.25, 0.3) is 0 Å². The van der Waals surface area contributed by atoms with E-state index >= 15 is 0 Å². The molecule has 30 heavy (non-hydrogen) atoms. The number of thiophene rings is 1. The Kier molecular flexibility index (Phi) is 6.79. The molecule has 0 saturated carbocycles. The Labute approximate surface area is 182 Å². The number of piperidine rings is 1. The molecule has 1 fully saturated rings. The summed E-state index contributed by atoms with van der Waals surface area (Å²) in [7, 11) is 0. The van der Waals surface area contributed by atoms with Crippen LogP contribution in [0, 0.1) is 5.92 Å². The van der Waals surface area contributed by atoms with E-state index in [-0.39, 0.29) is 18.1 Å². The third kappa shape index (κ3) is 5.08. The molecule has 2 atom stereocenters. The van der Waals surface area contributed by atoms with Crippen molar-refractivity contribution in [1.82, 2.24) is 15.5 Å². The number of rotatable bonds is 6. The molecule has 3 heterocycles. The zero-order chi connectivity index (χ0) is 20.9. The lowest BCUT2D eigenvalue weighted by molar-refractivity contribution is 0.138. The van der Waals surface area contributed by atoms with Crippen molar-refractivity contribution in [2.45, 2.75) is 38.8 Å². The molecule has 7 heteroatoms. The zero-order valence-electron chi connectivity index (χ0n) is 17.7. The Hall–Kier alpha value is -2.25. The molecule has 1 aromatic carbocycles. The van der Waals surface area contributed by atoms with Gasteiger partial charge in [0, 0.05) is 11.4 Å². The number of benzene rings is 1. The van der Waals surface area contributed by atoms with Gasteiger partial charge in [0.05, 0.1) is 12.1 Å². The summed E-state index contributed by atoms with van der Waals surface area (Å²) in [4.78, 5) is 16.5. The van der Waals surface area contributed by atoms with E-state index in [0.29, 0.717) is 19.8 Å². The van der Waals surface area contributed by atoms with Gasteiger partial charge in [-0.25, -0.2) is 4.79 Å². The van der Waals surface area contributed by atoms with Crippen LogP contribution < -0.4 is 20.1 Å². The average molecular weight is 430 g/mol. The van der Waals surface area contributed by atoms with E-state index in [1.165, 1.54) is 17.7 Å². The predicted octanol–water partition coefficient (Wildman–Crippen LogP) is 4.35. The number of amides is 2. The summed E-state index contributed by atoms with van der Waals surface area (Å²) in [5, 5.41) is 8.26. The lowest BCUT2D eigenvalue weighted by Gasteiger charge is -2.36. The highest BCUT2D eigenvalue weighted by molar-refractivity contribution is 7.10. The first-order valence-electron chi connectivity index (χ1n) is 10.8. The molecule has 1 aromatic heterocycles. The molecule has 6 nitrogen and oxygen atoms in total. The van der Waals surface area contributed by atoms with Crippen molar-refractivity contribution in [3.05, 3.63) is 46.2 Å². The molecule has 2 aliphatic rings. The van der Waals surface area contributed by atoms with Crippen LogP contribution in [-0.2, 0) is 0 Å². The van der Waals surface area contributed by atoms with Gasteiger partial charge in [-0.05, 0) is 67.9 Å². The number of hydrogen-bond acceptors (Lipinski definition) is 5. The standard InChI is InChI=1S/C23H31N3O3S/c1-16-7-9-26(10-8-16)19(22-4-3-13-30-22)15-24-23(27)25-17(2)18-5-6-20-21(14-18)29-12-11-28-20/h3-6,13-14,16-17,19H,7-12,15H2,1-2H3,(H2,24,25,27). The van der Waals surface area contributed by atoms with Crippen molar-refractivity contribution < 1.29 is 14.3 Å². The Morgan fingerprint density at radius 1 is 1.20 bits per heavy atom. The second-order valence-electron chi connectivity index (χ2n) is 8.23. The van der Waals surface area contributed by atoms with E-state index in [4.69, 9.17) is 9.47 Å². The van der Waals surface area contributed by atoms with Gasteiger partial charge in [0.25, 0.3) is 0 Å². The third-order valence-electron chi connectivity index (χ3n) is 6.00. The maximum Gasteiger partial charge on any atom is 0.315 e. The van der Waals surface area contributed by atoms with E-state index in [0.717, 1.165) is 36.1 Å². The number of ether oxygens (including phenoxy) is 2. The van der Waals surface area contributed by atoms with Crippen molar-refractivity contribution in [1.29, 1.82) is 0 Å². The third-order valence-corrected chi connectivity index (χ3v) is 6.97. The van der Waals surface area contributed by atoms with Crippen molar-refractivity contribution >= 4 is 17.4 Å². The van der Waals surface area contributed by atoms with E-state index in [9.17, 15) is 4.79 Å². The number of urea groups is 1. The van der Waals surface area contributed by atoms with Crippen molar-refractivity contribution in [2.75, 3.05) is 32.8 Å². The summed E-state index contributed by atoms with van der Waals surface area (Å²) < 4.78 is 11.2. The number of nitrogens with one attached hydrogen (secondary N) is 2. The Bertz CT molecular complexity index is 834. The SMILES string of the molecule is CC1CCN(C(CNC(=O)NC(C)c2ccc3c(c2)OCCO3)c2cccs2)CC1. The minimum absolute atomic E-state index is 0.128. The number of fused-ring (bicyclic) bond motifs is 1. The molecular formula is C23H31N3O3S. The van der Waals surface area contributed by atoms with Gasteiger partial charge < -0.3 is 20.1 Å². The smallest absolute Gasteiger partial charge is 0.315 e. The Morgan fingerprint density at radius 2 is 1.97 bits per heavy atom. The molecule has 2 unspecified atom stereocenters. The highest BCUT2D eigenvalue weighted by Gasteiger charge is 2.26. The first-order chi connectivity index (χ1) is 14.6. The molecule has 0 aliphatic carbocycles. The zero-order valence-corrected chi connectivity index (χ0v) is 18.5. The lowest BCUT2D eigenvalue weighted by Crippen LogP contribution is -2.44. The lowest BCUT2D eigenvalue weighted by atomic mass is 9.97. The summed E-state index contributed by atoms with van der Waals surface area (Å²) in [5.41, 5.74) is 0.995. The monoisotopic (exact) mass is 429 g/mol. The summed E-state index contributed by atoms with van der Waals surface area (Å²) >= 11 is 1.76. The largest absolute Gasteiger partial charge is 0.486 e. The van der Waals surface area contributed by atoms with Crippen molar-refractivity contribution in [2.24, 2.45) is 5.92 Å². The van der Waals surface area contributed by atoms with Crippen LogP contribution >= 0.6 is 11.3 Å². The highest BCUT2D eigenvalue weighted by Crippen LogP contribution is 2.33. The van der Waals surface area contributed by atoms with Crippen LogP contribution in [0.1, 0.15) is 49.2 Å². The maximum absolute atomic E-state index is 12.6. The fourth-order valence-electron chi connectivity index (χ4n) is 4.08. The molecule has 2 amide bonds. The molecular weight excluding hydrogens is 398 g/mol. The molecule has 0 radical (unpaired) electrons. The second kappa shape index (κ2) is 9.71.